The molecular weight excluding hydrogens is 300 g/mol. The van der Waals surface area contributed by atoms with Gasteiger partial charge in [-0.3, -0.25) is 0 Å². The molecule has 19 heavy (non-hydrogen) atoms. The number of aryl methyl sites for hydroxylation is 1. The van der Waals surface area contributed by atoms with E-state index < -0.39 is 0 Å². The lowest BCUT2D eigenvalue weighted by atomic mass is 10.2. The largest absolute Gasteiger partial charge is 0.347 e. The summed E-state index contributed by atoms with van der Waals surface area (Å²) in [6.45, 7) is 7.84. The third kappa shape index (κ3) is 4.08. The zero-order valence-electron chi connectivity index (χ0n) is 11.8. The quantitative estimate of drug-likeness (QED) is 0.746. The summed E-state index contributed by atoms with van der Waals surface area (Å²) in [5, 5.41) is 4.80. The first kappa shape index (κ1) is 14.6. The molecule has 0 atom stereocenters. The van der Waals surface area contributed by atoms with Gasteiger partial charge in [0.1, 0.15) is 0 Å². The molecule has 0 radical (unpaired) electrons. The van der Waals surface area contributed by atoms with Crippen LogP contribution in [0, 0.1) is 5.92 Å². The van der Waals surface area contributed by atoms with Crippen LogP contribution in [0.4, 0.5) is 0 Å². The van der Waals surface area contributed by atoms with Gasteiger partial charge in [0.25, 0.3) is 0 Å². The van der Waals surface area contributed by atoms with Crippen molar-refractivity contribution in [2.45, 2.75) is 33.2 Å². The molecule has 2 aromatic rings. The number of aromatic nitrogens is 1. The van der Waals surface area contributed by atoms with E-state index in [1.165, 1.54) is 28.2 Å². The number of nitrogens with zero attached hydrogens (tertiary/aromatic N) is 1. The first-order valence-electron chi connectivity index (χ1n) is 7.12. The van der Waals surface area contributed by atoms with Crippen molar-refractivity contribution in [2.75, 3.05) is 13.1 Å². The minimum Gasteiger partial charge on any atom is -0.347 e. The molecule has 0 fully saturated rings. The molecule has 2 nitrogen and oxygen atoms in total. The molecule has 0 saturated carbocycles. The summed E-state index contributed by atoms with van der Waals surface area (Å²) in [4.78, 5) is 0. The van der Waals surface area contributed by atoms with Gasteiger partial charge in [0.05, 0.1) is 0 Å². The van der Waals surface area contributed by atoms with Gasteiger partial charge >= 0.3 is 0 Å². The van der Waals surface area contributed by atoms with Crippen molar-refractivity contribution in [1.29, 1.82) is 0 Å². The van der Waals surface area contributed by atoms with E-state index in [4.69, 9.17) is 0 Å². The number of halogens is 1. The zero-order chi connectivity index (χ0) is 13.7. The highest BCUT2D eigenvalue weighted by atomic mass is 79.9. The van der Waals surface area contributed by atoms with Crippen molar-refractivity contribution in [3.63, 3.8) is 0 Å². The molecule has 1 aromatic carbocycles. The topological polar surface area (TPSA) is 17.0 Å². The smallest absolute Gasteiger partial charge is 0.0491 e. The number of hydrogen-bond acceptors (Lipinski definition) is 1. The van der Waals surface area contributed by atoms with Crippen LogP contribution in [0.15, 0.2) is 34.9 Å². The molecule has 0 aliphatic carbocycles. The number of hydrogen-bond donors (Lipinski definition) is 1. The molecule has 1 aromatic heterocycles. The highest BCUT2D eigenvalue weighted by molar-refractivity contribution is 9.10. The van der Waals surface area contributed by atoms with Crippen LogP contribution in [-0.2, 0) is 6.54 Å². The zero-order valence-corrected chi connectivity index (χ0v) is 13.4. The van der Waals surface area contributed by atoms with E-state index in [0.717, 1.165) is 25.6 Å². The van der Waals surface area contributed by atoms with Gasteiger partial charge in [0.15, 0.2) is 0 Å². The normalized spacial score (nSPS) is 11.6. The maximum atomic E-state index is 3.60. The van der Waals surface area contributed by atoms with E-state index in [-0.39, 0.29) is 0 Å². The first-order chi connectivity index (χ1) is 9.18. The molecule has 0 bridgehead atoms. The van der Waals surface area contributed by atoms with Gasteiger partial charge in [-0.15, -0.1) is 0 Å². The van der Waals surface area contributed by atoms with Crippen molar-refractivity contribution >= 4 is 26.8 Å². The van der Waals surface area contributed by atoms with Crippen LogP contribution >= 0.6 is 15.9 Å². The first-order valence-corrected chi connectivity index (χ1v) is 7.92. The third-order valence-electron chi connectivity index (χ3n) is 3.32. The molecule has 1 N–H and O–H groups in total. The summed E-state index contributed by atoms with van der Waals surface area (Å²) >= 11 is 3.60. The molecule has 0 aliphatic rings. The van der Waals surface area contributed by atoms with E-state index in [2.05, 4.69) is 70.1 Å². The van der Waals surface area contributed by atoms with Crippen LogP contribution < -0.4 is 5.32 Å². The van der Waals surface area contributed by atoms with Crippen LogP contribution in [0.25, 0.3) is 10.9 Å². The van der Waals surface area contributed by atoms with Gasteiger partial charge in [-0.05, 0) is 50.0 Å². The summed E-state index contributed by atoms with van der Waals surface area (Å²) in [7, 11) is 0. The van der Waals surface area contributed by atoms with E-state index in [0.29, 0.717) is 0 Å². The minimum absolute atomic E-state index is 0.741. The Morgan fingerprint density at radius 2 is 2.05 bits per heavy atom. The van der Waals surface area contributed by atoms with Crippen molar-refractivity contribution in [1.82, 2.24) is 9.88 Å². The highest BCUT2D eigenvalue weighted by Gasteiger charge is 2.03. The molecule has 0 spiro atoms. The molecule has 0 saturated heterocycles. The molecule has 104 valence electrons. The second-order valence-electron chi connectivity index (χ2n) is 5.49. The predicted molar refractivity (Wildman–Crippen MR) is 86.6 cm³/mol. The van der Waals surface area contributed by atoms with Gasteiger partial charge < -0.3 is 9.88 Å². The standard InChI is InChI=1S/C16H23BrN2/c1-13(2)12-18-9-3-4-10-19-11-8-14-15(17)6-5-7-16(14)19/h5-8,11,13,18H,3-4,9-10,12H2,1-2H3. The highest BCUT2D eigenvalue weighted by Crippen LogP contribution is 2.24. The van der Waals surface area contributed by atoms with Gasteiger partial charge in [-0.25, -0.2) is 0 Å². The fourth-order valence-electron chi connectivity index (χ4n) is 2.30. The van der Waals surface area contributed by atoms with Gasteiger partial charge in [-0.1, -0.05) is 35.8 Å². The van der Waals surface area contributed by atoms with Crippen molar-refractivity contribution in [3.8, 4) is 0 Å². The Labute approximate surface area is 124 Å². The SMILES string of the molecule is CC(C)CNCCCCn1ccc2c(Br)cccc21. The van der Waals surface area contributed by atoms with E-state index in [1.54, 1.807) is 0 Å². The molecule has 3 heteroatoms. The molecular formula is C16H23BrN2. The third-order valence-corrected chi connectivity index (χ3v) is 4.01. The maximum Gasteiger partial charge on any atom is 0.0491 e. The number of fused-ring (bicyclic) bond motifs is 1. The minimum atomic E-state index is 0.741. The van der Waals surface area contributed by atoms with E-state index in [9.17, 15) is 0 Å². The summed E-state index contributed by atoms with van der Waals surface area (Å²) in [5.74, 6) is 0.741. The second-order valence-corrected chi connectivity index (χ2v) is 6.34. The Kier molecular flexibility index (Phi) is 5.46. The van der Waals surface area contributed by atoms with Crippen LogP contribution in [0.3, 0.4) is 0 Å². The predicted octanol–water partition coefficient (Wildman–Crippen LogP) is 4.43. The molecule has 0 unspecified atom stereocenters. The van der Waals surface area contributed by atoms with Gasteiger partial charge in [0.2, 0.25) is 0 Å². The maximum absolute atomic E-state index is 3.60. The number of unbranched alkanes of at least 4 members (excludes halogenated alkanes) is 1. The van der Waals surface area contributed by atoms with Crippen LogP contribution in [0.1, 0.15) is 26.7 Å². The Morgan fingerprint density at radius 1 is 1.21 bits per heavy atom. The van der Waals surface area contributed by atoms with Crippen molar-refractivity contribution < 1.29 is 0 Å². The van der Waals surface area contributed by atoms with Crippen molar-refractivity contribution in [3.05, 3.63) is 34.9 Å². The summed E-state index contributed by atoms with van der Waals surface area (Å²) in [6.07, 6.45) is 4.65. The van der Waals surface area contributed by atoms with Crippen LogP contribution in [0.5, 0.6) is 0 Å². The number of benzene rings is 1. The van der Waals surface area contributed by atoms with Crippen molar-refractivity contribution in [2.24, 2.45) is 5.92 Å². The van der Waals surface area contributed by atoms with Gasteiger partial charge in [-0.2, -0.15) is 0 Å². The average molecular weight is 323 g/mol. The molecule has 0 amide bonds. The van der Waals surface area contributed by atoms with E-state index >= 15 is 0 Å². The lowest BCUT2D eigenvalue weighted by molar-refractivity contribution is 0.522. The average Bonchev–Trinajstić information content (AvgIpc) is 2.78. The number of rotatable bonds is 7. The lowest BCUT2D eigenvalue weighted by Gasteiger charge is -2.08. The Bertz CT molecular complexity index is 516. The van der Waals surface area contributed by atoms with E-state index in [1.807, 2.05) is 0 Å². The summed E-state index contributed by atoms with van der Waals surface area (Å²) < 4.78 is 3.53. The van der Waals surface area contributed by atoms with Crippen LogP contribution in [0.2, 0.25) is 0 Å². The fraction of sp³-hybridized carbons (Fsp3) is 0.500. The monoisotopic (exact) mass is 322 g/mol. The molecule has 2 rings (SSSR count). The Morgan fingerprint density at radius 3 is 2.84 bits per heavy atom. The Balaban J connectivity index is 1.81. The molecule has 0 aliphatic heterocycles. The fourth-order valence-corrected chi connectivity index (χ4v) is 2.79. The lowest BCUT2D eigenvalue weighted by Crippen LogP contribution is -2.20. The molecule has 1 heterocycles. The Hall–Kier alpha value is -0.800. The van der Waals surface area contributed by atoms with Crippen LogP contribution in [-0.4, -0.2) is 17.7 Å². The van der Waals surface area contributed by atoms with Gasteiger partial charge in [0, 0.05) is 28.1 Å². The second kappa shape index (κ2) is 7.11. The summed E-state index contributed by atoms with van der Waals surface area (Å²) in [5.41, 5.74) is 1.32. The summed E-state index contributed by atoms with van der Waals surface area (Å²) in [6, 6.07) is 8.59. The number of nitrogens with one attached hydrogen (secondary N) is 1.